The van der Waals surface area contributed by atoms with Gasteiger partial charge in [-0.1, -0.05) is 13.3 Å². The van der Waals surface area contributed by atoms with E-state index in [1.165, 1.54) is 0 Å². The van der Waals surface area contributed by atoms with Crippen LogP contribution in [0.25, 0.3) is 0 Å². The maximum Gasteiger partial charge on any atom is 0.0793 e. The second-order valence-electron chi connectivity index (χ2n) is 3.04. The van der Waals surface area contributed by atoms with Gasteiger partial charge >= 0.3 is 0 Å². The summed E-state index contributed by atoms with van der Waals surface area (Å²) in [6.45, 7) is 4.04. The van der Waals surface area contributed by atoms with Crippen molar-refractivity contribution in [2.45, 2.75) is 32.8 Å². The average Bonchev–Trinajstić information content (AvgIpc) is 2.05. The zero-order chi connectivity index (χ0) is 8.97. The third-order valence-corrected chi connectivity index (χ3v) is 1.98. The van der Waals surface area contributed by atoms with Crippen LogP contribution in [-0.4, -0.2) is 10.1 Å². The Morgan fingerprint density at radius 1 is 1.58 bits per heavy atom. The van der Waals surface area contributed by atoms with Crippen molar-refractivity contribution in [3.63, 3.8) is 0 Å². The zero-order valence-electron chi connectivity index (χ0n) is 7.62. The molecule has 0 aliphatic rings. The Morgan fingerprint density at radius 2 is 2.33 bits per heavy atom. The van der Waals surface area contributed by atoms with Gasteiger partial charge in [0.2, 0.25) is 0 Å². The first-order chi connectivity index (χ1) is 5.75. The number of aromatic nitrogens is 1. The van der Waals surface area contributed by atoms with Gasteiger partial charge in [-0.25, -0.2) is 0 Å². The van der Waals surface area contributed by atoms with Gasteiger partial charge in [-0.15, -0.1) is 0 Å². The molecule has 1 atom stereocenters. The number of hydrogen-bond acceptors (Lipinski definition) is 2. The summed E-state index contributed by atoms with van der Waals surface area (Å²) in [6.07, 6.45) is 5.02. The fraction of sp³-hybridized carbons (Fsp3) is 0.500. The highest BCUT2D eigenvalue weighted by Gasteiger charge is 2.07. The minimum atomic E-state index is -0.321. The second kappa shape index (κ2) is 4.21. The van der Waals surface area contributed by atoms with Crippen molar-refractivity contribution in [2.75, 3.05) is 0 Å². The average molecular weight is 165 g/mol. The molecule has 0 bridgehead atoms. The molecule has 0 aliphatic carbocycles. The van der Waals surface area contributed by atoms with Crippen molar-refractivity contribution in [3.05, 3.63) is 29.6 Å². The number of aliphatic hydroxyl groups is 1. The monoisotopic (exact) mass is 165 g/mol. The summed E-state index contributed by atoms with van der Waals surface area (Å²) in [7, 11) is 0. The Morgan fingerprint density at radius 3 is 2.92 bits per heavy atom. The fourth-order valence-electron chi connectivity index (χ4n) is 1.29. The smallest absolute Gasteiger partial charge is 0.0793 e. The highest BCUT2D eigenvalue weighted by molar-refractivity contribution is 5.23. The van der Waals surface area contributed by atoms with Crippen LogP contribution in [0.5, 0.6) is 0 Å². The zero-order valence-corrected chi connectivity index (χ0v) is 7.62. The van der Waals surface area contributed by atoms with Crippen LogP contribution in [0.3, 0.4) is 0 Å². The molecule has 1 rings (SSSR count). The van der Waals surface area contributed by atoms with Crippen molar-refractivity contribution in [3.8, 4) is 0 Å². The maximum absolute atomic E-state index is 9.67. The molecule has 1 unspecified atom stereocenters. The molecular formula is C10H15NO. The summed E-state index contributed by atoms with van der Waals surface area (Å²) in [4.78, 5) is 3.98. The largest absolute Gasteiger partial charge is 0.388 e. The lowest BCUT2D eigenvalue weighted by atomic mass is 10.0. The highest BCUT2D eigenvalue weighted by atomic mass is 16.3. The standard InChI is InChI=1S/C10H15NO/c1-3-4-10(12)9-5-6-11-7-8(9)2/h5-7,10,12H,3-4H2,1-2H3. The molecular weight excluding hydrogens is 150 g/mol. The lowest BCUT2D eigenvalue weighted by Gasteiger charge is -2.11. The number of hydrogen-bond donors (Lipinski definition) is 1. The summed E-state index contributed by atoms with van der Waals surface area (Å²) in [5.74, 6) is 0. The van der Waals surface area contributed by atoms with Gasteiger partial charge in [0.15, 0.2) is 0 Å². The van der Waals surface area contributed by atoms with Gasteiger partial charge < -0.3 is 5.11 Å². The van der Waals surface area contributed by atoms with E-state index < -0.39 is 0 Å². The van der Waals surface area contributed by atoms with Crippen LogP contribution in [-0.2, 0) is 0 Å². The van der Waals surface area contributed by atoms with Crippen LogP contribution in [0, 0.1) is 6.92 Å². The van der Waals surface area contributed by atoms with E-state index >= 15 is 0 Å². The molecule has 0 aliphatic heterocycles. The molecule has 0 fully saturated rings. The van der Waals surface area contributed by atoms with Gasteiger partial charge in [-0.3, -0.25) is 4.98 Å². The maximum atomic E-state index is 9.67. The van der Waals surface area contributed by atoms with Crippen LogP contribution in [0.2, 0.25) is 0 Å². The van der Waals surface area contributed by atoms with Crippen LogP contribution in [0.4, 0.5) is 0 Å². The minimum absolute atomic E-state index is 0.321. The molecule has 2 heteroatoms. The van der Waals surface area contributed by atoms with E-state index in [4.69, 9.17) is 0 Å². The van der Waals surface area contributed by atoms with Crippen LogP contribution >= 0.6 is 0 Å². The predicted octanol–water partition coefficient (Wildman–Crippen LogP) is 2.22. The van der Waals surface area contributed by atoms with E-state index in [2.05, 4.69) is 11.9 Å². The molecule has 12 heavy (non-hydrogen) atoms. The molecule has 0 saturated heterocycles. The predicted molar refractivity (Wildman–Crippen MR) is 48.8 cm³/mol. The van der Waals surface area contributed by atoms with E-state index in [-0.39, 0.29) is 6.10 Å². The van der Waals surface area contributed by atoms with Crippen molar-refractivity contribution < 1.29 is 5.11 Å². The third-order valence-electron chi connectivity index (χ3n) is 1.98. The quantitative estimate of drug-likeness (QED) is 0.745. The number of rotatable bonds is 3. The Balaban J connectivity index is 2.79. The van der Waals surface area contributed by atoms with Crippen LogP contribution in [0.1, 0.15) is 37.0 Å². The Hall–Kier alpha value is -0.890. The molecule has 1 aromatic rings. The molecule has 2 nitrogen and oxygen atoms in total. The van der Waals surface area contributed by atoms with Gasteiger partial charge in [0.1, 0.15) is 0 Å². The molecule has 1 aromatic heterocycles. The van der Waals surface area contributed by atoms with E-state index in [9.17, 15) is 5.11 Å². The Kier molecular flexibility index (Phi) is 3.23. The van der Waals surface area contributed by atoms with Crippen LogP contribution < -0.4 is 0 Å². The molecule has 0 amide bonds. The lowest BCUT2D eigenvalue weighted by molar-refractivity contribution is 0.165. The first kappa shape index (κ1) is 9.20. The molecule has 66 valence electrons. The number of nitrogens with zero attached hydrogens (tertiary/aromatic N) is 1. The first-order valence-electron chi connectivity index (χ1n) is 4.34. The molecule has 0 radical (unpaired) electrons. The Bertz CT molecular complexity index is 247. The van der Waals surface area contributed by atoms with E-state index in [0.29, 0.717) is 0 Å². The first-order valence-corrected chi connectivity index (χ1v) is 4.34. The van der Waals surface area contributed by atoms with Crippen molar-refractivity contribution in [2.24, 2.45) is 0 Å². The van der Waals surface area contributed by atoms with Gasteiger partial charge in [0.05, 0.1) is 6.10 Å². The number of aryl methyl sites for hydroxylation is 1. The van der Waals surface area contributed by atoms with Gasteiger partial charge in [0, 0.05) is 12.4 Å². The molecule has 0 saturated carbocycles. The van der Waals surface area contributed by atoms with E-state index in [0.717, 1.165) is 24.0 Å². The van der Waals surface area contributed by atoms with Crippen molar-refractivity contribution in [1.82, 2.24) is 4.98 Å². The normalized spacial score (nSPS) is 12.9. The summed E-state index contributed by atoms with van der Waals surface area (Å²) in [5.41, 5.74) is 2.07. The topological polar surface area (TPSA) is 33.1 Å². The summed E-state index contributed by atoms with van der Waals surface area (Å²) in [6, 6.07) is 1.88. The molecule has 1 heterocycles. The van der Waals surface area contributed by atoms with Gasteiger partial charge in [-0.2, -0.15) is 0 Å². The highest BCUT2D eigenvalue weighted by Crippen LogP contribution is 2.20. The third kappa shape index (κ3) is 2.05. The van der Waals surface area contributed by atoms with Gasteiger partial charge in [-0.05, 0) is 30.5 Å². The van der Waals surface area contributed by atoms with Crippen molar-refractivity contribution >= 4 is 0 Å². The fourth-order valence-corrected chi connectivity index (χ4v) is 1.29. The molecule has 0 aromatic carbocycles. The minimum Gasteiger partial charge on any atom is -0.388 e. The van der Waals surface area contributed by atoms with E-state index in [1.807, 2.05) is 13.0 Å². The second-order valence-corrected chi connectivity index (χ2v) is 3.04. The van der Waals surface area contributed by atoms with Crippen LogP contribution in [0.15, 0.2) is 18.5 Å². The number of aliphatic hydroxyl groups excluding tert-OH is 1. The SMILES string of the molecule is CCCC(O)c1ccncc1C. The number of pyridine rings is 1. The van der Waals surface area contributed by atoms with E-state index in [1.54, 1.807) is 12.4 Å². The van der Waals surface area contributed by atoms with Crippen molar-refractivity contribution in [1.29, 1.82) is 0 Å². The molecule has 0 spiro atoms. The summed E-state index contributed by atoms with van der Waals surface area (Å²) < 4.78 is 0. The van der Waals surface area contributed by atoms with Gasteiger partial charge in [0.25, 0.3) is 0 Å². The summed E-state index contributed by atoms with van der Waals surface area (Å²) in [5, 5.41) is 9.67. The molecule has 1 N–H and O–H groups in total. The summed E-state index contributed by atoms with van der Waals surface area (Å²) >= 11 is 0. The Labute approximate surface area is 73.3 Å². The lowest BCUT2D eigenvalue weighted by Crippen LogP contribution is -1.99.